The number of hydrogen-bond acceptors (Lipinski definition) is 2. The maximum atomic E-state index is 4.23. The van der Waals surface area contributed by atoms with E-state index in [1.165, 1.54) is 11.1 Å². The lowest BCUT2D eigenvalue weighted by Crippen LogP contribution is -2.20. The van der Waals surface area contributed by atoms with Crippen molar-refractivity contribution in [2.24, 2.45) is 0 Å². The van der Waals surface area contributed by atoms with Gasteiger partial charge in [0.1, 0.15) is 0 Å². The molecule has 1 aromatic rings. The molecule has 0 aliphatic rings. The van der Waals surface area contributed by atoms with Gasteiger partial charge in [-0.1, -0.05) is 18.6 Å². The number of aromatic nitrogens is 1. The van der Waals surface area contributed by atoms with Crippen molar-refractivity contribution in [3.63, 3.8) is 0 Å². The van der Waals surface area contributed by atoms with Crippen molar-refractivity contribution in [2.45, 2.75) is 40.2 Å². The number of pyridine rings is 1. The number of nitrogens with one attached hydrogen (secondary N) is 1. The van der Waals surface area contributed by atoms with Gasteiger partial charge < -0.3 is 5.32 Å². The predicted octanol–water partition coefficient (Wildman–Crippen LogP) is 3.40. The molecule has 2 nitrogen and oxygen atoms in total. The fraction of sp³-hybridized carbons (Fsp3) is 0.500. The summed E-state index contributed by atoms with van der Waals surface area (Å²) in [5, 5.41) is 3.54. The largest absolute Gasteiger partial charge is 0.307 e. The molecule has 88 valence electrons. The lowest BCUT2D eigenvalue weighted by atomic mass is 10.0. The van der Waals surface area contributed by atoms with Crippen LogP contribution in [-0.4, -0.2) is 11.5 Å². The summed E-state index contributed by atoms with van der Waals surface area (Å²) in [5.74, 6) is 0. The summed E-state index contributed by atoms with van der Waals surface area (Å²) in [6.07, 6.45) is 5.30. The second-order valence-corrected chi connectivity index (χ2v) is 4.41. The van der Waals surface area contributed by atoms with Crippen molar-refractivity contribution in [1.29, 1.82) is 0 Å². The number of rotatable bonds is 5. The minimum atomic E-state index is 0.312. The molecule has 0 aromatic carbocycles. The highest BCUT2D eigenvalue weighted by Gasteiger charge is 2.07. The average Bonchev–Trinajstić information content (AvgIpc) is 2.23. The van der Waals surface area contributed by atoms with Gasteiger partial charge in [0.05, 0.1) is 6.04 Å². The van der Waals surface area contributed by atoms with Crippen molar-refractivity contribution in [2.75, 3.05) is 6.54 Å². The number of nitrogens with zero attached hydrogens (tertiary/aromatic N) is 1. The molecule has 1 aromatic heterocycles. The van der Waals surface area contributed by atoms with Crippen LogP contribution in [-0.2, 0) is 0 Å². The lowest BCUT2D eigenvalue weighted by Gasteiger charge is -2.16. The summed E-state index contributed by atoms with van der Waals surface area (Å²) in [7, 11) is 0. The Hall–Kier alpha value is -1.15. The fourth-order valence-electron chi connectivity index (χ4n) is 1.67. The van der Waals surface area contributed by atoms with Crippen LogP contribution in [0.25, 0.3) is 0 Å². The van der Waals surface area contributed by atoms with Crippen LogP contribution in [0, 0.1) is 6.92 Å². The highest BCUT2D eigenvalue weighted by Crippen LogP contribution is 2.16. The van der Waals surface area contributed by atoms with Gasteiger partial charge in [-0.05, 0) is 51.4 Å². The quantitative estimate of drug-likeness (QED) is 0.766. The normalized spacial score (nSPS) is 12.2. The third kappa shape index (κ3) is 4.15. The Morgan fingerprint density at radius 3 is 2.81 bits per heavy atom. The first kappa shape index (κ1) is 12.9. The van der Waals surface area contributed by atoms with Gasteiger partial charge in [-0.3, -0.25) is 4.98 Å². The first-order valence-electron chi connectivity index (χ1n) is 5.94. The predicted molar refractivity (Wildman–Crippen MR) is 69.4 cm³/mol. The summed E-state index contributed by atoms with van der Waals surface area (Å²) in [5.41, 5.74) is 3.70. The Kier molecular flexibility index (Phi) is 5.20. The zero-order chi connectivity index (χ0) is 12.0. The maximum Gasteiger partial charge on any atom is 0.0509 e. The van der Waals surface area contributed by atoms with Gasteiger partial charge in [-0.2, -0.15) is 0 Å². The number of allylic oxidation sites excluding steroid dienone is 1. The van der Waals surface area contributed by atoms with E-state index in [2.05, 4.69) is 49.3 Å². The van der Waals surface area contributed by atoms with E-state index in [4.69, 9.17) is 0 Å². The van der Waals surface area contributed by atoms with Crippen LogP contribution in [0.4, 0.5) is 0 Å². The topological polar surface area (TPSA) is 24.9 Å². The molecule has 0 fully saturated rings. The monoisotopic (exact) mass is 218 g/mol. The van der Waals surface area contributed by atoms with Crippen molar-refractivity contribution < 1.29 is 0 Å². The van der Waals surface area contributed by atoms with E-state index in [1.807, 2.05) is 13.1 Å². The summed E-state index contributed by atoms with van der Waals surface area (Å²) in [6, 6.07) is 4.54. The molecule has 0 spiro atoms. The molecule has 0 saturated carbocycles. The van der Waals surface area contributed by atoms with Crippen LogP contribution in [0.5, 0.6) is 0 Å². The van der Waals surface area contributed by atoms with Gasteiger partial charge in [0.25, 0.3) is 0 Å². The molecule has 0 amide bonds. The van der Waals surface area contributed by atoms with E-state index >= 15 is 0 Å². The Morgan fingerprint density at radius 1 is 1.50 bits per heavy atom. The highest BCUT2D eigenvalue weighted by atomic mass is 14.9. The van der Waals surface area contributed by atoms with Crippen molar-refractivity contribution in [3.05, 3.63) is 41.2 Å². The van der Waals surface area contributed by atoms with Crippen LogP contribution in [0.2, 0.25) is 0 Å². The molecule has 16 heavy (non-hydrogen) atoms. The fourth-order valence-corrected chi connectivity index (χ4v) is 1.67. The van der Waals surface area contributed by atoms with E-state index < -0.39 is 0 Å². The minimum Gasteiger partial charge on any atom is -0.307 e. The summed E-state index contributed by atoms with van der Waals surface area (Å²) in [6.45, 7) is 9.52. The maximum absolute atomic E-state index is 4.23. The molecular weight excluding hydrogens is 196 g/mol. The molecule has 2 heteroatoms. The van der Waals surface area contributed by atoms with Gasteiger partial charge in [0, 0.05) is 11.9 Å². The second kappa shape index (κ2) is 6.44. The van der Waals surface area contributed by atoms with Crippen molar-refractivity contribution in [3.8, 4) is 0 Å². The van der Waals surface area contributed by atoms with Gasteiger partial charge in [-0.15, -0.1) is 0 Å². The average molecular weight is 218 g/mol. The Bertz CT molecular complexity index is 352. The summed E-state index contributed by atoms with van der Waals surface area (Å²) >= 11 is 0. The Balaban J connectivity index is 2.87. The molecule has 0 aliphatic heterocycles. The third-order valence-electron chi connectivity index (χ3n) is 2.39. The van der Waals surface area contributed by atoms with E-state index in [-0.39, 0.29) is 0 Å². The standard InChI is InChI=1S/C14H22N2/c1-5-7-16-14(9-11(2)3)13-6-8-15-12(4)10-13/h6,8-10,14,16H,5,7H2,1-4H3. The molecule has 0 bridgehead atoms. The zero-order valence-corrected chi connectivity index (χ0v) is 10.7. The first-order chi connectivity index (χ1) is 7.63. The SMILES string of the molecule is CCCNC(C=C(C)C)c1ccnc(C)c1. The Labute approximate surface area is 98.8 Å². The molecule has 0 radical (unpaired) electrons. The summed E-state index contributed by atoms with van der Waals surface area (Å²) in [4.78, 5) is 4.23. The summed E-state index contributed by atoms with van der Waals surface area (Å²) < 4.78 is 0. The van der Waals surface area contributed by atoms with E-state index in [1.54, 1.807) is 0 Å². The smallest absolute Gasteiger partial charge is 0.0509 e. The second-order valence-electron chi connectivity index (χ2n) is 4.41. The number of hydrogen-bond donors (Lipinski definition) is 1. The van der Waals surface area contributed by atoms with Crippen LogP contribution < -0.4 is 5.32 Å². The molecule has 1 atom stereocenters. The zero-order valence-electron chi connectivity index (χ0n) is 10.7. The van der Waals surface area contributed by atoms with E-state index in [0.29, 0.717) is 6.04 Å². The molecule has 1 rings (SSSR count). The van der Waals surface area contributed by atoms with Gasteiger partial charge in [-0.25, -0.2) is 0 Å². The molecular formula is C14H22N2. The first-order valence-corrected chi connectivity index (χ1v) is 5.94. The van der Waals surface area contributed by atoms with Crippen LogP contribution >= 0.6 is 0 Å². The van der Waals surface area contributed by atoms with E-state index in [0.717, 1.165) is 18.7 Å². The van der Waals surface area contributed by atoms with Crippen LogP contribution in [0.15, 0.2) is 30.0 Å². The molecule has 0 aliphatic carbocycles. The lowest BCUT2D eigenvalue weighted by molar-refractivity contribution is 0.609. The van der Waals surface area contributed by atoms with Crippen LogP contribution in [0.3, 0.4) is 0 Å². The van der Waals surface area contributed by atoms with Gasteiger partial charge in [0.15, 0.2) is 0 Å². The molecule has 0 saturated heterocycles. The molecule has 1 N–H and O–H groups in total. The van der Waals surface area contributed by atoms with Gasteiger partial charge >= 0.3 is 0 Å². The highest BCUT2D eigenvalue weighted by molar-refractivity contribution is 5.24. The number of aryl methyl sites for hydroxylation is 1. The van der Waals surface area contributed by atoms with Crippen molar-refractivity contribution >= 4 is 0 Å². The third-order valence-corrected chi connectivity index (χ3v) is 2.39. The van der Waals surface area contributed by atoms with Gasteiger partial charge in [0.2, 0.25) is 0 Å². The minimum absolute atomic E-state index is 0.312. The Morgan fingerprint density at radius 2 is 2.25 bits per heavy atom. The molecule has 1 heterocycles. The molecule has 1 unspecified atom stereocenters. The van der Waals surface area contributed by atoms with E-state index in [9.17, 15) is 0 Å². The van der Waals surface area contributed by atoms with Crippen molar-refractivity contribution in [1.82, 2.24) is 10.3 Å². The van der Waals surface area contributed by atoms with Crippen LogP contribution in [0.1, 0.15) is 44.5 Å².